The van der Waals surface area contributed by atoms with Crippen LogP contribution in [0.1, 0.15) is 12.5 Å². The molecule has 0 atom stereocenters. The molecule has 0 fully saturated rings. The average molecular weight is 298 g/mol. The number of benzene rings is 1. The van der Waals surface area contributed by atoms with Crippen LogP contribution < -0.4 is 0 Å². The summed E-state index contributed by atoms with van der Waals surface area (Å²) in [5.41, 5.74) is 2.87. The normalized spacial score (nSPS) is 18.9. The van der Waals surface area contributed by atoms with E-state index in [1.165, 1.54) is 15.6 Å². The summed E-state index contributed by atoms with van der Waals surface area (Å²) in [5, 5.41) is 0. The third-order valence-electron chi connectivity index (χ3n) is 2.38. The Labute approximate surface area is 93.1 Å². The Balaban J connectivity index is 2.38. The van der Waals surface area contributed by atoms with E-state index in [1.807, 2.05) is 0 Å². The van der Waals surface area contributed by atoms with Crippen LogP contribution in [-0.4, -0.2) is 9.36 Å². The van der Waals surface area contributed by atoms with Crippen molar-refractivity contribution in [1.82, 2.24) is 0 Å². The third kappa shape index (κ3) is 2.08. The molecule has 0 spiro atoms. The van der Waals surface area contributed by atoms with Crippen LogP contribution in [0.5, 0.6) is 0 Å². The Morgan fingerprint density at radius 2 is 1.86 bits per heavy atom. The van der Waals surface area contributed by atoms with Gasteiger partial charge in [0.05, 0.1) is 0 Å². The molecule has 1 heterocycles. The molecule has 0 unspecified atom stereocenters. The summed E-state index contributed by atoms with van der Waals surface area (Å²) in [6.07, 6.45) is 4.76. The van der Waals surface area contributed by atoms with Crippen molar-refractivity contribution in [1.29, 1.82) is 0 Å². The maximum absolute atomic E-state index is 2.45. The first-order valence-electron chi connectivity index (χ1n) is 4.77. The maximum atomic E-state index is 2.45. The second-order valence-corrected chi connectivity index (χ2v) is 8.96. The van der Waals surface area contributed by atoms with Crippen LogP contribution in [0, 0.1) is 0 Å². The number of hydrogen-bond acceptors (Lipinski definition) is 0. The molecule has 0 radical (unpaired) electrons. The standard InChI is InChI=1S/C13H15I/c1-11-8-9-14(2)13(10-11)12-6-4-3-5-7-12/h3-8,10H,9H2,1-2H3. The molecule has 0 saturated carbocycles. The Morgan fingerprint density at radius 1 is 1.14 bits per heavy atom. The first-order chi connectivity index (χ1) is 6.77. The van der Waals surface area contributed by atoms with Crippen molar-refractivity contribution in [3.63, 3.8) is 0 Å². The van der Waals surface area contributed by atoms with Crippen LogP contribution in [0.2, 0.25) is 0 Å². The zero-order valence-corrected chi connectivity index (χ0v) is 10.8. The first kappa shape index (κ1) is 9.97. The number of rotatable bonds is 1. The van der Waals surface area contributed by atoms with E-state index in [1.54, 1.807) is 3.58 Å². The van der Waals surface area contributed by atoms with E-state index in [-0.39, 0.29) is 0 Å². The summed E-state index contributed by atoms with van der Waals surface area (Å²) in [7, 11) is 0. The molecule has 14 heavy (non-hydrogen) atoms. The van der Waals surface area contributed by atoms with Crippen LogP contribution in [0.15, 0.2) is 48.1 Å². The van der Waals surface area contributed by atoms with Gasteiger partial charge in [0.1, 0.15) is 0 Å². The molecule has 0 aliphatic carbocycles. The molecular formula is C13H15I. The van der Waals surface area contributed by atoms with Crippen molar-refractivity contribution in [2.75, 3.05) is 9.36 Å². The number of allylic oxidation sites excluding steroid dienone is 3. The Hall–Kier alpha value is -0.570. The summed E-state index contributed by atoms with van der Waals surface area (Å²) in [6, 6.07) is 10.8. The van der Waals surface area contributed by atoms with Crippen LogP contribution in [0.4, 0.5) is 0 Å². The Bertz CT molecular complexity index is 373. The second kappa shape index (κ2) is 4.30. The predicted octanol–water partition coefficient (Wildman–Crippen LogP) is 4.12. The first-order valence-corrected chi connectivity index (χ1v) is 9.53. The molecule has 0 saturated heterocycles. The van der Waals surface area contributed by atoms with Crippen LogP contribution in [0.3, 0.4) is 0 Å². The number of alkyl halides is 2. The quantitative estimate of drug-likeness (QED) is 0.540. The van der Waals surface area contributed by atoms with Crippen molar-refractivity contribution >= 4 is 23.4 Å². The molecule has 74 valence electrons. The van der Waals surface area contributed by atoms with Gasteiger partial charge in [0.2, 0.25) is 0 Å². The molecule has 0 aromatic heterocycles. The summed E-state index contributed by atoms with van der Waals surface area (Å²) < 4.78 is 2.96. The van der Waals surface area contributed by atoms with Crippen molar-refractivity contribution in [3.8, 4) is 0 Å². The summed E-state index contributed by atoms with van der Waals surface area (Å²) in [6.45, 7) is 2.20. The van der Waals surface area contributed by atoms with E-state index >= 15 is 0 Å². The molecule has 1 aromatic carbocycles. The van der Waals surface area contributed by atoms with Gasteiger partial charge in [0, 0.05) is 0 Å². The van der Waals surface area contributed by atoms with Crippen LogP contribution in [0.25, 0.3) is 3.58 Å². The van der Waals surface area contributed by atoms with Crippen molar-refractivity contribution in [3.05, 3.63) is 53.6 Å². The molecule has 0 nitrogen and oxygen atoms in total. The van der Waals surface area contributed by atoms with E-state index in [4.69, 9.17) is 0 Å². The van der Waals surface area contributed by atoms with Gasteiger partial charge >= 0.3 is 93.3 Å². The van der Waals surface area contributed by atoms with Gasteiger partial charge in [-0.1, -0.05) is 0 Å². The molecule has 0 amide bonds. The van der Waals surface area contributed by atoms with E-state index in [0.29, 0.717) is 0 Å². The fourth-order valence-electron chi connectivity index (χ4n) is 1.54. The molecule has 1 aromatic rings. The monoisotopic (exact) mass is 298 g/mol. The minimum atomic E-state index is -0.862. The molecule has 2 rings (SSSR count). The molecule has 1 heteroatoms. The summed E-state index contributed by atoms with van der Waals surface area (Å²) in [4.78, 5) is 2.45. The Kier molecular flexibility index (Phi) is 3.06. The Morgan fingerprint density at radius 3 is 2.57 bits per heavy atom. The van der Waals surface area contributed by atoms with Gasteiger partial charge in [-0.3, -0.25) is 0 Å². The summed E-state index contributed by atoms with van der Waals surface area (Å²) in [5.74, 6) is 0. The van der Waals surface area contributed by atoms with Gasteiger partial charge in [-0.25, -0.2) is 0 Å². The second-order valence-electron chi connectivity index (χ2n) is 3.55. The van der Waals surface area contributed by atoms with Gasteiger partial charge in [-0.05, 0) is 0 Å². The third-order valence-corrected chi connectivity index (χ3v) is 7.06. The zero-order chi connectivity index (χ0) is 9.97. The predicted molar refractivity (Wildman–Crippen MR) is 73.0 cm³/mol. The fourth-order valence-corrected chi connectivity index (χ4v) is 5.81. The van der Waals surface area contributed by atoms with E-state index in [9.17, 15) is 0 Å². The zero-order valence-electron chi connectivity index (χ0n) is 8.63. The van der Waals surface area contributed by atoms with Crippen molar-refractivity contribution in [2.24, 2.45) is 0 Å². The average Bonchev–Trinajstić information content (AvgIpc) is 2.23. The van der Waals surface area contributed by atoms with Gasteiger partial charge < -0.3 is 0 Å². The summed E-state index contributed by atoms with van der Waals surface area (Å²) >= 11 is -0.862. The minimum absolute atomic E-state index is 0.862. The van der Waals surface area contributed by atoms with E-state index < -0.39 is 19.8 Å². The van der Waals surface area contributed by atoms with Gasteiger partial charge in [0.25, 0.3) is 0 Å². The van der Waals surface area contributed by atoms with Crippen LogP contribution >= 0.6 is 19.8 Å². The molecule has 1 aliphatic heterocycles. The van der Waals surface area contributed by atoms with Crippen molar-refractivity contribution < 1.29 is 0 Å². The van der Waals surface area contributed by atoms with Gasteiger partial charge in [0.15, 0.2) is 0 Å². The molecular weight excluding hydrogens is 283 g/mol. The SMILES string of the molecule is CC1=CCI(C)C(c2ccccc2)=C1. The van der Waals surface area contributed by atoms with E-state index in [0.717, 1.165) is 0 Å². The number of halogens is 1. The van der Waals surface area contributed by atoms with Crippen LogP contribution in [-0.2, 0) is 0 Å². The molecule has 1 aliphatic rings. The fraction of sp³-hybridized carbons (Fsp3) is 0.231. The molecule has 0 bridgehead atoms. The number of hydrogen-bond donors (Lipinski definition) is 0. The van der Waals surface area contributed by atoms with E-state index in [2.05, 4.69) is 54.3 Å². The molecule has 0 N–H and O–H groups in total. The van der Waals surface area contributed by atoms with Crippen molar-refractivity contribution in [2.45, 2.75) is 6.92 Å². The topological polar surface area (TPSA) is 0 Å². The van der Waals surface area contributed by atoms with Gasteiger partial charge in [-0.15, -0.1) is 0 Å². The van der Waals surface area contributed by atoms with Gasteiger partial charge in [-0.2, -0.15) is 0 Å².